The van der Waals surface area contributed by atoms with E-state index in [0.717, 1.165) is 12.0 Å². The standard InChI is InChI=1S/C9H11FN2/c10-9-7(2-1-3-12-9)8-4-6(8)5-11/h1-3,6,8H,4-5,11H2/t6-,8+/m0/s1. The highest BCUT2D eigenvalue weighted by atomic mass is 19.1. The van der Waals surface area contributed by atoms with Crippen LogP contribution in [0.25, 0.3) is 0 Å². The van der Waals surface area contributed by atoms with Crippen LogP contribution < -0.4 is 5.73 Å². The summed E-state index contributed by atoms with van der Waals surface area (Å²) in [5, 5.41) is 0. The highest BCUT2D eigenvalue weighted by Gasteiger charge is 2.38. The van der Waals surface area contributed by atoms with Crippen molar-refractivity contribution in [1.29, 1.82) is 0 Å². The zero-order valence-corrected chi connectivity index (χ0v) is 6.70. The van der Waals surface area contributed by atoms with E-state index in [1.807, 2.05) is 0 Å². The summed E-state index contributed by atoms with van der Waals surface area (Å²) in [7, 11) is 0. The molecule has 2 nitrogen and oxygen atoms in total. The molecule has 1 aliphatic rings. The molecule has 2 N–H and O–H groups in total. The van der Waals surface area contributed by atoms with E-state index in [9.17, 15) is 4.39 Å². The fourth-order valence-electron chi connectivity index (χ4n) is 1.56. The molecule has 1 saturated carbocycles. The van der Waals surface area contributed by atoms with Crippen molar-refractivity contribution in [2.24, 2.45) is 11.7 Å². The Bertz CT molecular complexity index is 288. The molecule has 0 unspecified atom stereocenters. The van der Waals surface area contributed by atoms with Crippen LogP contribution in [0, 0.1) is 11.9 Å². The summed E-state index contributed by atoms with van der Waals surface area (Å²) in [6.45, 7) is 0.652. The van der Waals surface area contributed by atoms with Crippen molar-refractivity contribution in [3.63, 3.8) is 0 Å². The van der Waals surface area contributed by atoms with Crippen LogP contribution >= 0.6 is 0 Å². The van der Waals surface area contributed by atoms with Crippen molar-refractivity contribution in [2.75, 3.05) is 6.54 Å². The zero-order chi connectivity index (χ0) is 8.55. The van der Waals surface area contributed by atoms with Crippen molar-refractivity contribution < 1.29 is 4.39 Å². The maximum Gasteiger partial charge on any atom is 0.216 e. The van der Waals surface area contributed by atoms with E-state index in [1.54, 1.807) is 12.1 Å². The number of pyridine rings is 1. The molecule has 1 aliphatic carbocycles. The molecular weight excluding hydrogens is 155 g/mol. The Morgan fingerprint density at radius 1 is 1.67 bits per heavy atom. The van der Waals surface area contributed by atoms with Crippen LogP contribution in [0.2, 0.25) is 0 Å². The van der Waals surface area contributed by atoms with Crippen LogP contribution in [-0.4, -0.2) is 11.5 Å². The van der Waals surface area contributed by atoms with E-state index in [2.05, 4.69) is 4.98 Å². The van der Waals surface area contributed by atoms with Crippen molar-refractivity contribution in [3.8, 4) is 0 Å². The van der Waals surface area contributed by atoms with E-state index in [4.69, 9.17) is 5.73 Å². The van der Waals surface area contributed by atoms with E-state index in [1.165, 1.54) is 6.20 Å². The van der Waals surface area contributed by atoms with E-state index in [-0.39, 0.29) is 5.95 Å². The van der Waals surface area contributed by atoms with Gasteiger partial charge in [-0.25, -0.2) is 4.98 Å². The van der Waals surface area contributed by atoms with Crippen LogP contribution in [0.3, 0.4) is 0 Å². The van der Waals surface area contributed by atoms with Gasteiger partial charge in [0.1, 0.15) is 0 Å². The van der Waals surface area contributed by atoms with Gasteiger partial charge in [0.15, 0.2) is 0 Å². The lowest BCUT2D eigenvalue weighted by Gasteiger charge is -1.98. The van der Waals surface area contributed by atoms with Crippen LogP contribution in [0.1, 0.15) is 17.9 Å². The number of nitrogens with zero attached hydrogens (tertiary/aromatic N) is 1. The molecule has 1 aromatic rings. The third-order valence-corrected chi connectivity index (χ3v) is 2.41. The van der Waals surface area contributed by atoms with Gasteiger partial charge in [0.05, 0.1) is 0 Å². The van der Waals surface area contributed by atoms with Gasteiger partial charge in [0.2, 0.25) is 5.95 Å². The molecule has 0 aliphatic heterocycles. The van der Waals surface area contributed by atoms with Gasteiger partial charge in [0.25, 0.3) is 0 Å². The number of nitrogens with two attached hydrogens (primary N) is 1. The molecule has 2 atom stereocenters. The second-order valence-corrected chi connectivity index (χ2v) is 3.22. The minimum atomic E-state index is -0.335. The maximum absolute atomic E-state index is 13.0. The summed E-state index contributed by atoms with van der Waals surface area (Å²) >= 11 is 0. The first-order valence-corrected chi connectivity index (χ1v) is 4.13. The minimum Gasteiger partial charge on any atom is -0.330 e. The summed E-state index contributed by atoms with van der Waals surface area (Å²) in [5.41, 5.74) is 6.20. The summed E-state index contributed by atoms with van der Waals surface area (Å²) in [4.78, 5) is 3.60. The Kier molecular flexibility index (Phi) is 1.81. The summed E-state index contributed by atoms with van der Waals surface area (Å²) in [5.74, 6) is 0.464. The molecule has 0 radical (unpaired) electrons. The zero-order valence-electron chi connectivity index (χ0n) is 6.70. The Hall–Kier alpha value is -0.960. The van der Waals surface area contributed by atoms with Gasteiger partial charge in [0, 0.05) is 11.8 Å². The first-order valence-electron chi connectivity index (χ1n) is 4.13. The Labute approximate surface area is 70.6 Å². The van der Waals surface area contributed by atoms with Crippen molar-refractivity contribution in [3.05, 3.63) is 29.8 Å². The number of hydrogen-bond acceptors (Lipinski definition) is 2. The summed E-state index contributed by atoms with van der Waals surface area (Å²) in [6, 6.07) is 3.56. The highest BCUT2D eigenvalue weighted by Crippen LogP contribution is 2.46. The molecule has 0 bridgehead atoms. The van der Waals surface area contributed by atoms with E-state index < -0.39 is 0 Å². The molecule has 0 saturated heterocycles. The van der Waals surface area contributed by atoms with Gasteiger partial charge in [-0.15, -0.1) is 0 Å². The van der Waals surface area contributed by atoms with Gasteiger partial charge < -0.3 is 5.73 Å². The highest BCUT2D eigenvalue weighted by molar-refractivity contribution is 5.23. The third-order valence-electron chi connectivity index (χ3n) is 2.41. The van der Waals surface area contributed by atoms with Gasteiger partial charge in [-0.3, -0.25) is 0 Å². The largest absolute Gasteiger partial charge is 0.330 e. The molecule has 64 valence electrons. The molecule has 2 rings (SSSR count). The van der Waals surface area contributed by atoms with Gasteiger partial charge in [-0.05, 0) is 30.9 Å². The van der Waals surface area contributed by atoms with Crippen LogP contribution in [0.4, 0.5) is 4.39 Å². The van der Waals surface area contributed by atoms with E-state index in [0.29, 0.717) is 18.4 Å². The number of halogens is 1. The van der Waals surface area contributed by atoms with Crippen LogP contribution in [0.15, 0.2) is 18.3 Å². The molecule has 1 fully saturated rings. The lowest BCUT2D eigenvalue weighted by atomic mass is 10.1. The normalized spacial score (nSPS) is 27.2. The van der Waals surface area contributed by atoms with Crippen molar-refractivity contribution in [1.82, 2.24) is 4.98 Å². The third kappa shape index (κ3) is 1.20. The molecule has 3 heteroatoms. The van der Waals surface area contributed by atoms with Crippen LogP contribution in [-0.2, 0) is 0 Å². The van der Waals surface area contributed by atoms with Crippen LogP contribution in [0.5, 0.6) is 0 Å². The monoisotopic (exact) mass is 166 g/mol. The summed E-state index contributed by atoms with van der Waals surface area (Å²) < 4.78 is 13.0. The number of rotatable bonds is 2. The maximum atomic E-state index is 13.0. The molecule has 1 aromatic heterocycles. The Morgan fingerprint density at radius 2 is 2.50 bits per heavy atom. The minimum absolute atomic E-state index is 0.323. The molecule has 0 amide bonds. The predicted octanol–water partition coefficient (Wildman–Crippen LogP) is 1.28. The summed E-state index contributed by atoms with van der Waals surface area (Å²) in [6.07, 6.45) is 2.48. The quantitative estimate of drug-likeness (QED) is 0.672. The Balaban J connectivity index is 2.19. The SMILES string of the molecule is NC[C@@H]1C[C@H]1c1cccnc1F. The molecule has 0 spiro atoms. The lowest BCUT2D eigenvalue weighted by Crippen LogP contribution is -2.02. The molecule has 0 aromatic carbocycles. The van der Waals surface area contributed by atoms with Gasteiger partial charge >= 0.3 is 0 Å². The molecule has 12 heavy (non-hydrogen) atoms. The number of hydrogen-bond donors (Lipinski definition) is 1. The second kappa shape index (κ2) is 2.83. The average Bonchev–Trinajstić information content (AvgIpc) is 2.84. The number of aromatic nitrogens is 1. The fourth-order valence-corrected chi connectivity index (χ4v) is 1.56. The van der Waals surface area contributed by atoms with E-state index >= 15 is 0 Å². The first kappa shape index (κ1) is 7.68. The Morgan fingerprint density at radius 3 is 3.08 bits per heavy atom. The van der Waals surface area contributed by atoms with Gasteiger partial charge in [-0.1, -0.05) is 6.07 Å². The molecular formula is C9H11FN2. The lowest BCUT2D eigenvalue weighted by molar-refractivity contribution is 0.563. The second-order valence-electron chi connectivity index (χ2n) is 3.22. The predicted molar refractivity (Wildman–Crippen MR) is 44.1 cm³/mol. The van der Waals surface area contributed by atoms with Gasteiger partial charge in [-0.2, -0.15) is 4.39 Å². The smallest absolute Gasteiger partial charge is 0.216 e. The van der Waals surface area contributed by atoms with Crippen molar-refractivity contribution >= 4 is 0 Å². The van der Waals surface area contributed by atoms with Crippen molar-refractivity contribution in [2.45, 2.75) is 12.3 Å². The first-order chi connectivity index (χ1) is 5.83. The fraction of sp³-hybridized carbons (Fsp3) is 0.444. The average molecular weight is 166 g/mol. The molecule has 1 heterocycles. The topological polar surface area (TPSA) is 38.9 Å².